The minimum Gasteiger partial charge on any atom is -0.399 e. The predicted molar refractivity (Wildman–Crippen MR) is 148 cm³/mol. The zero-order valence-corrected chi connectivity index (χ0v) is 20.2. The Labute approximate surface area is 217 Å². The lowest BCUT2D eigenvalue weighted by Crippen LogP contribution is -2.41. The quantitative estimate of drug-likeness (QED) is 0.256. The lowest BCUT2D eigenvalue weighted by Gasteiger charge is -2.32. The Morgan fingerprint density at radius 2 is 1.26 bits per heavy atom. The van der Waals surface area contributed by atoms with E-state index in [-0.39, 0.29) is 46.5 Å². The van der Waals surface area contributed by atoms with Crippen LogP contribution in [0.25, 0.3) is 43.8 Å². The van der Waals surface area contributed by atoms with Crippen molar-refractivity contribution >= 4 is 34.1 Å². The predicted octanol–water partition coefficient (Wildman–Crippen LogP) is 7.63. The van der Waals surface area contributed by atoms with Gasteiger partial charge < -0.3 is 9.31 Å². The first-order chi connectivity index (χ1) is 19.7. The standard InChI is InChI=1S/C32H29BO2/c1-31(2)32(3,4)35-33(34-31)24-14-7-13-23(21-24)26-16-9-19-30-28(26)18-10-20-29(30)27-17-8-12-22-11-5-6-15-25(22)27/h5-21H,1-4H3/i5D,6D,8D,11D,12D,15D,17D. The first-order valence-corrected chi connectivity index (χ1v) is 11.7. The Morgan fingerprint density at radius 3 is 2.03 bits per heavy atom. The zero-order valence-electron chi connectivity index (χ0n) is 27.2. The largest absolute Gasteiger partial charge is 0.494 e. The van der Waals surface area contributed by atoms with Crippen molar-refractivity contribution in [3.8, 4) is 22.3 Å². The summed E-state index contributed by atoms with van der Waals surface area (Å²) in [6, 6.07) is 16.8. The Balaban J connectivity index is 1.58. The third kappa shape index (κ3) is 3.67. The fourth-order valence-corrected chi connectivity index (χ4v) is 4.63. The van der Waals surface area contributed by atoms with Crippen molar-refractivity contribution < 1.29 is 18.9 Å². The zero-order chi connectivity index (χ0) is 30.3. The van der Waals surface area contributed by atoms with Crippen molar-refractivity contribution in [2.75, 3.05) is 0 Å². The van der Waals surface area contributed by atoms with Gasteiger partial charge in [0.15, 0.2) is 0 Å². The molecule has 1 aliphatic heterocycles. The van der Waals surface area contributed by atoms with Crippen LogP contribution in [-0.2, 0) is 9.31 Å². The third-order valence-corrected chi connectivity index (χ3v) is 7.23. The number of fused-ring (bicyclic) bond motifs is 2. The molecule has 0 atom stereocenters. The fourth-order valence-electron chi connectivity index (χ4n) is 4.63. The maximum atomic E-state index is 8.84. The number of rotatable bonds is 3. The van der Waals surface area contributed by atoms with E-state index < -0.39 is 30.4 Å². The van der Waals surface area contributed by atoms with E-state index >= 15 is 0 Å². The van der Waals surface area contributed by atoms with E-state index in [1.807, 2.05) is 82.3 Å². The molecule has 6 rings (SSSR count). The summed E-state index contributed by atoms with van der Waals surface area (Å²) in [4.78, 5) is 0. The maximum Gasteiger partial charge on any atom is 0.494 e. The van der Waals surface area contributed by atoms with Crippen molar-refractivity contribution in [2.45, 2.75) is 38.9 Å². The number of hydrogen-bond donors (Lipinski definition) is 0. The normalized spacial score (nSPS) is 19.5. The first-order valence-electron chi connectivity index (χ1n) is 15.2. The molecule has 5 aromatic rings. The molecule has 1 aliphatic rings. The summed E-state index contributed by atoms with van der Waals surface area (Å²) in [5.74, 6) is 0. The minimum absolute atomic E-state index is 0.0553. The third-order valence-electron chi connectivity index (χ3n) is 7.23. The smallest absolute Gasteiger partial charge is 0.399 e. The Hall–Kier alpha value is -3.40. The molecule has 35 heavy (non-hydrogen) atoms. The molecule has 5 aromatic carbocycles. The molecule has 0 aromatic heterocycles. The Morgan fingerprint density at radius 1 is 0.629 bits per heavy atom. The summed E-state index contributed by atoms with van der Waals surface area (Å²) in [6.45, 7) is 8.07. The summed E-state index contributed by atoms with van der Waals surface area (Å²) < 4.78 is 71.9. The molecule has 0 N–H and O–H groups in total. The van der Waals surface area contributed by atoms with Crippen LogP contribution in [0, 0.1) is 0 Å². The molecule has 0 saturated carbocycles. The second-order valence-corrected chi connectivity index (χ2v) is 9.92. The van der Waals surface area contributed by atoms with Gasteiger partial charge in [-0.2, -0.15) is 0 Å². The van der Waals surface area contributed by atoms with Gasteiger partial charge >= 0.3 is 7.12 Å². The van der Waals surface area contributed by atoms with Gasteiger partial charge in [-0.1, -0.05) is 103 Å². The van der Waals surface area contributed by atoms with Gasteiger partial charge in [-0.3, -0.25) is 0 Å². The highest BCUT2D eigenvalue weighted by Gasteiger charge is 2.51. The van der Waals surface area contributed by atoms with E-state index in [4.69, 9.17) is 18.9 Å². The van der Waals surface area contributed by atoms with Gasteiger partial charge in [0.1, 0.15) is 0 Å². The van der Waals surface area contributed by atoms with Crippen LogP contribution >= 0.6 is 0 Å². The molecule has 0 aliphatic carbocycles. The number of benzene rings is 5. The van der Waals surface area contributed by atoms with Crippen molar-refractivity contribution in [3.63, 3.8) is 0 Å². The van der Waals surface area contributed by atoms with Crippen LogP contribution in [0.1, 0.15) is 37.3 Å². The van der Waals surface area contributed by atoms with E-state index in [1.54, 1.807) is 6.07 Å². The maximum absolute atomic E-state index is 8.84. The van der Waals surface area contributed by atoms with Crippen LogP contribution in [0.4, 0.5) is 0 Å². The monoisotopic (exact) mass is 463 g/mol. The topological polar surface area (TPSA) is 18.5 Å². The molecule has 0 bridgehead atoms. The second-order valence-electron chi connectivity index (χ2n) is 9.92. The summed E-state index contributed by atoms with van der Waals surface area (Å²) in [5, 5.41) is 1.65. The molecule has 1 saturated heterocycles. The van der Waals surface area contributed by atoms with Crippen LogP contribution in [0.15, 0.2) is 103 Å². The molecular weight excluding hydrogens is 427 g/mol. The molecule has 0 radical (unpaired) electrons. The van der Waals surface area contributed by atoms with Gasteiger partial charge in [-0.25, -0.2) is 0 Å². The van der Waals surface area contributed by atoms with E-state index in [0.29, 0.717) is 5.56 Å². The van der Waals surface area contributed by atoms with Crippen LogP contribution in [0.2, 0.25) is 0 Å². The first kappa shape index (κ1) is 15.6. The van der Waals surface area contributed by atoms with Crippen molar-refractivity contribution in [2.24, 2.45) is 0 Å². The van der Waals surface area contributed by atoms with Crippen LogP contribution in [0.3, 0.4) is 0 Å². The minimum atomic E-state index is -0.521. The van der Waals surface area contributed by atoms with E-state index in [0.717, 1.165) is 27.4 Å². The molecule has 172 valence electrons. The van der Waals surface area contributed by atoms with Gasteiger partial charge in [0.2, 0.25) is 0 Å². The molecule has 0 spiro atoms. The number of hydrogen-bond acceptors (Lipinski definition) is 2. The molecule has 0 unspecified atom stereocenters. The molecule has 1 heterocycles. The molecular formula is C32H29BO2. The van der Waals surface area contributed by atoms with Crippen molar-refractivity contribution in [1.82, 2.24) is 0 Å². The van der Waals surface area contributed by atoms with E-state index in [9.17, 15) is 0 Å². The highest BCUT2D eigenvalue weighted by atomic mass is 16.7. The highest BCUT2D eigenvalue weighted by molar-refractivity contribution is 6.62. The highest BCUT2D eigenvalue weighted by Crippen LogP contribution is 2.39. The van der Waals surface area contributed by atoms with Crippen LogP contribution < -0.4 is 5.46 Å². The van der Waals surface area contributed by atoms with Gasteiger partial charge in [0.25, 0.3) is 0 Å². The average Bonchev–Trinajstić information content (AvgIpc) is 3.19. The van der Waals surface area contributed by atoms with Gasteiger partial charge in [0.05, 0.1) is 20.8 Å². The average molecular weight is 463 g/mol. The Bertz CT molecular complexity index is 1910. The summed E-state index contributed by atoms with van der Waals surface area (Å²) >= 11 is 0. The van der Waals surface area contributed by atoms with E-state index in [2.05, 4.69) is 0 Å². The van der Waals surface area contributed by atoms with Crippen LogP contribution in [-0.4, -0.2) is 18.3 Å². The van der Waals surface area contributed by atoms with Crippen molar-refractivity contribution in [3.05, 3.63) is 103 Å². The fraction of sp³-hybridized carbons (Fsp3) is 0.188. The van der Waals surface area contributed by atoms with Gasteiger partial charge in [-0.05, 0) is 77.0 Å². The molecule has 1 fully saturated rings. The SMILES string of the molecule is [2H]c1c([2H])c([2H])c2c(-c3cccc4c(-c5cccc(B6OC(C)(C)C(C)(C)O6)c5)cccc34)c([2H])c([2H])c([2H])c2c1[2H]. The lowest BCUT2D eigenvalue weighted by atomic mass is 9.77. The lowest BCUT2D eigenvalue weighted by molar-refractivity contribution is 0.00578. The van der Waals surface area contributed by atoms with Crippen molar-refractivity contribution in [1.29, 1.82) is 0 Å². The molecule has 0 amide bonds. The Kier molecular flexibility index (Phi) is 3.60. The van der Waals surface area contributed by atoms with Gasteiger partial charge in [0, 0.05) is 0 Å². The molecule has 2 nitrogen and oxygen atoms in total. The molecule has 3 heteroatoms. The second kappa shape index (κ2) is 8.08. The summed E-state index contributed by atoms with van der Waals surface area (Å²) in [7, 11) is -0.521. The summed E-state index contributed by atoms with van der Waals surface area (Å²) in [5.41, 5.74) is 2.58. The summed E-state index contributed by atoms with van der Waals surface area (Å²) in [6.07, 6.45) is 0. The van der Waals surface area contributed by atoms with Crippen LogP contribution in [0.5, 0.6) is 0 Å². The van der Waals surface area contributed by atoms with E-state index in [1.165, 1.54) is 0 Å². The van der Waals surface area contributed by atoms with Gasteiger partial charge in [-0.15, -0.1) is 0 Å².